The number of carbonyl (C=O) groups excluding carboxylic acids is 1. The second-order valence-electron chi connectivity index (χ2n) is 3.52. The molecule has 0 bridgehead atoms. The van der Waals surface area contributed by atoms with E-state index in [1.165, 1.54) is 0 Å². The standard InChI is InChI=1S/C10H21NO2S/c1-9(5-6-14-4)11(2)7-10(12)8-13-3/h9H,5-8H2,1-4H3. The van der Waals surface area contributed by atoms with Crippen LogP contribution in [0.2, 0.25) is 0 Å². The molecule has 0 rings (SSSR count). The molecule has 0 saturated carbocycles. The Hall–Kier alpha value is -0.0600. The minimum absolute atomic E-state index is 0.144. The van der Waals surface area contributed by atoms with Crippen LogP contribution >= 0.6 is 11.8 Å². The number of hydrogen-bond donors (Lipinski definition) is 0. The zero-order chi connectivity index (χ0) is 11.0. The molecule has 0 fully saturated rings. The molecule has 1 unspecified atom stereocenters. The van der Waals surface area contributed by atoms with Crippen LogP contribution < -0.4 is 0 Å². The van der Waals surface area contributed by atoms with Gasteiger partial charge in [-0.25, -0.2) is 0 Å². The fourth-order valence-electron chi connectivity index (χ4n) is 1.15. The van der Waals surface area contributed by atoms with Gasteiger partial charge in [0.1, 0.15) is 6.61 Å². The van der Waals surface area contributed by atoms with E-state index in [-0.39, 0.29) is 12.4 Å². The quantitative estimate of drug-likeness (QED) is 0.615. The molecule has 0 radical (unpaired) electrons. The summed E-state index contributed by atoms with van der Waals surface area (Å²) in [5, 5.41) is 0. The van der Waals surface area contributed by atoms with Crippen molar-refractivity contribution in [3.8, 4) is 0 Å². The van der Waals surface area contributed by atoms with Crippen molar-refractivity contribution >= 4 is 17.5 Å². The molecular weight excluding hydrogens is 198 g/mol. The Morgan fingerprint density at radius 2 is 2.21 bits per heavy atom. The lowest BCUT2D eigenvalue weighted by Gasteiger charge is -2.23. The molecule has 0 aromatic carbocycles. The lowest BCUT2D eigenvalue weighted by Crippen LogP contribution is -2.35. The highest BCUT2D eigenvalue weighted by molar-refractivity contribution is 7.98. The van der Waals surface area contributed by atoms with Crippen LogP contribution in [0.1, 0.15) is 13.3 Å². The molecule has 1 atom stereocenters. The molecular formula is C10H21NO2S. The first-order valence-corrected chi connectivity index (χ1v) is 6.21. The lowest BCUT2D eigenvalue weighted by atomic mass is 10.2. The Morgan fingerprint density at radius 3 is 2.71 bits per heavy atom. The Labute approximate surface area is 91.2 Å². The summed E-state index contributed by atoms with van der Waals surface area (Å²) >= 11 is 1.84. The smallest absolute Gasteiger partial charge is 0.172 e. The largest absolute Gasteiger partial charge is 0.377 e. The normalized spacial score (nSPS) is 13.2. The highest BCUT2D eigenvalue weighted by atomic mass is 32.2. The minimum atomic E-state index is 0.144. The number of hydrogen-bond acceptors (Lipinski definition) is 4. The lowest BCUT2D eigenvalue weighted by molar-refractivity contribution is -0.123. The fraction of sp³-hybridized carbons (Fsp3) is 0.900. The summed E-state index contributed by atoms with van der Waals surface area (Å²) in [4.78, 5) is 13.3. The van der Waals surface area contributed by atoms with Gasteiger partial charge in [-0.05, 0) is 32.4 Å². The summed E-state index contributed by atoms with van der Waals surface area (Å²) in [6.45, 7) is 2.86. The number of thioether (sulfide) groups is 1. The maximum absolute atomic E-state index is 11.3. The maximum Gasteiger partial charge on any atom is 0.172 e. The highest BCUT2D eigenvalue weighted by Gasteiger charge is 2.12. The van der Waals surface area contributed by atoms with Gasteiger partial charge in [0.2, 0.25) is 0 Å². The van der Waals surface area contributed by atoms with Gasteiger partial charge in [0.05, 0.1) is 6.54 Å². The number of ketones is 1. The number of rotatable bonds is 8. The van der Waals surface area contributed by atoms with Gasteiger partial charge < -0.3 is 4.74 Å². The third-order valence-corrected chi connectivity index (χ3v) is 2.87. The van der Waals surface area contributed by atoms with Gasteiger partial charge >= 0.3 is 0 Å². The summed E-state index contributed by atoms with van der Waals surface area (Å²) < 4.78 is 4.79. The van der Waals surface area contributed by atoms with Gasteiger partial charge in [-0.3, -0.25) is 9.69 Å². The van der Waals surface area contributed by atoms with Crippen molar-refractivity contribution in [2.75, 3.05) is 39.3 Å². The molecule has 0 aliphatic rings. The van der Waals surface area contributed by atoms with Gasteiger partial charge in [-0.2, -0.15) is 11.8 Å². The van der Waals surface area contributed by atoms with E-state index in [1.807, 2.05) is 18.8 Å². The zero-order valence-corrected chi connectivity index (χ0v) is 10.4. The molecule has 0 aliphatic carbocycles. The van der Waals surface area contributed by atoms with E-state index in [0.29, 0.717) is 12.6 Å². The molecule has 0 heterocycles. The topological polar surface area (TPSA) is 29.5 Å². The van der Waals surface area contributed by atoms with Crippen LogP contribution in [0.25, 0.3) is 0 Å². The Balaban J connectivity index is 3.70. The monoisotopic (exact) mass is 219 g/mol. The molecule has 0 spiro atoms. The molecule has 4 heteroatoms. The van der Waals surface area contributed by atoms with Crippen molar-refractivity contribution in [2.24, 2.45) is 0 Å². The molecule has 3 nitrogen and oxygen atoms in total. The van der Waals surface area contributed by atoms with Crippen LogP contribution in [0.4, 0.5) is 0 Å². The number of likely N-dealkylation sites (N-methyl/N-ethyl adjacent to an activating group) is 1. The van der Waals surface area contributed by atoms with E-state index in [4.69, 9.17) is 4.74 Å². The average Bonchev–Trinajstić information content (AvgIpc) is 2.14. The molecule has 0 aliphatic heterocycles. The summed E-state index contributed by atoms with van der Waals surface area (Å²) in [5.41, 5.74) is 0. The molecule has 0 N–H and O–H groups in total. The molecule has 0 aromatic rings. The molecule has 0 saturated heterocycles. The molecule has 0 aromatic heterocycles. The van der Waals surface area contributed by atoms with Crippen LogP contribution in [0, 0.1) is 0 Å². The van der Waals surface area contributed by atoms with Gasteiger partial charge in [0.15, 0.2) is 5.78 Å². The van der Waals surface area contributed by atoms with Gasteiger partial charge in [-0.1, -0.05) is 0 Å². The van der Waals surface area contributed by atoms with E-state index >= 15 is 0 Å². The second kappa shape index (κ2) is 8.26. The number of carbonyl (C=O) groups is 1. The van der Waals surface area contributed by atoms with Crippen molar-refractivity contribution in [2.45, 2.75) is 19.4 Å². The molecule has 14 heavy (non-hydrogen) atoms. The summed E-state index contributed by atoms with van der Waals surface area (Å²) in [6, 6.07) is 0.461. The SMILES string of the molecule is COCC(=O)CN(C)C(C)CCSC. The summed E-state index contributed by atoms with van der Waals surface area (Å²) in [5.74, 6) is 1.29. The molecule has 0 amide bonds. The van der Waals surface area contributed by atoms with Crippen molar-refractivity contribution in [1.82, 2.24) is 4.90 Å². The first-order valence-electron chi connectivity index (χ1n) is 4.81. The maximum atomic E-state index is 11.3. The first kappa shape index (κ1) is 13.9. The van der Waals surface area contributed by atoms with Crippen molar-refractivity contribution in [1.29, 1.82) is 0 Å². The summed E-state index contributed by atoms with van der Waals surface area (Å²) in [7, 11) is 3.54. The zero-order valence-electron chi connectivity index (χ0n) is 9.58. The van der Waals surface area contributed by atoms with E-state index in [1.54, 1.807) is 7.11 Å². The number of nitrogens with zero attached hydrogens (tertiary/aromatic N) is 1. The van der Waals surface area contributed by atoms with Crippen molar-refractivity contribution < 1.29 is 9.53 Å². The van der Waals surface area contributed by atoms with Gasteiger partial charge in [0.25, 0.3) is 0 Å². The van der Waals surface area contributed by atoms with E-state index in [0.717, 1.165) is 12.2 Å². The Morgan fingerprint density at radius 1 is 1.57 bits per heavy atom. The van der Waals surface area contributed by atoms with E-state index < -0.39 is 0 Å². The summed E-state index contributed by atoms with van der Waals surface area (Å²) in [6.07, 6.45) is 3.22. The average molecular weight is 219 g/mol. The van der Waals surface area contributed by atoms with Crippen molar-refractivity contribution in [3.05, 3.63) is 0 Å². The number of methoxy groups -OCH3 is 1. The third-order valence-electron chi connectivity index (χ3n) is 2.22. The third kappa shape index (κ3) is 6.40. The minimum Gasteiger partial charge on any atom is -0.377 e. The molecule has 84 valence electrons. The van der Waals surface area contributed by atoms with Crippen LogP contribution in [0.15, 0.2) is 0 Å². The van der Waals surface area contributed by atoms with Gasteiger partial charge in [-0.15, -0.1) is 0 Å². The number of Topliss-reactive ketones (excluding diaryl/α,β-unsaturated/α-hetero) is 1. The fourth-order valence-corrected chi connectivity index (χ4v) is 1.73. The van der Waals surface area contributed by atoms with E-state index in [9.17, 15) is 4.79 Å². The highest BCUT2D eigenvalue weighted by Crippen LogP contribution is 2.05. The van der Waals surface area contributed by atoms with Crippen LogP contribution in [-0.4, -0.2) is 56.0 Å². The van der Waals surface area contributed by atoms with Crippen LogP contribution in [0.5, 0.6) is 0 Å². The van der Waals surface area contributed by atoms with Gasteiger partial charge in [0, 0.05) is 13.2 Å². The van der Waals surface area contributed by atoms with Crippen molar-refractivity contribution in [3.63, 3.8) is 0 Å². The van der Waals surface area contributed by atoms with Crippen LogP contribution in [0.3, 0.4) is 0 Å². The predicted octanol–water partition coefficient (Wildman–Crippen LogP) is 1.28. The first-order chi connectivity index (χ1) is 6.61. The number of ether oxygens (including phenoxy) is 1. The van der Waals surface area contributed by atoms with Crippen LogP contribution in [-0.2, 0) is 9.53 Å². The second-order valence-corrected chi connectivity index (χ2v) is 4.50. The predicted molar refractivity (Wildman–Crippen MR) is 62.0 cm³/mol. The Kier molecular flexibility index (Phi) is 8.23. The Bertz CT molecular complexity index is 164. The van der Waals surface area contributed by atoms with E-state index in [2.05, 4.69) is 18.1 Å².